The van der Waals surface area contributed by atoms with Crippen LogP contribution in [0.3, 0.4) is 0 Å². The quantitative estimate of drug-likeness (QED) is 0.866. The van der Waals surface area contributed by atoms with Crippen molar-refractivity contribution in [1.29, 1.82) is 0 Å². The number of aryl methyl sites for hydroxylation is 1. The van der Waals surface area contributed by atoms with Gasteiger partial charge >= 0.3 is 0 Å². The van der Waals surface area contributed by atoms with Crippen LogP contribution in [0, 0.1) is 0 Å². The van der Waals surface area contributed by atoms with Crippen LogP contribution in [0.15, 0.2) is 18.3 Å². The Hall–Kier alpha value is -1.10. The highest BCUT2D eigenvalue weighted by Gasteiger charge is 2.25. The summed E-state index contributed by atoms with van der Waals surface area (Å²) in [6, 6.07) is 4.33. The van der Waals surface area contributed by atoms with Crippen LogP contribution in [0.5, 0.6) is 0 Å². The number of hydrogen-bond donors (Lipinski definition) is 0. The molecule has 3 rings (SSSR count). The maximum atomic E-state index is 6.55. The highest BCUT2D eigenvalue weighted by atomic mass is 35.5. The van der Waals surface area contributed by atoms with E-state index in [1.54, 1.807) is 0 Å². The molecule has 1 aromatic heterocycles. The Kier molecular flexibility index (Phi) is 4.48. The summed E-state index contributed by atoms with van der Waals surface area (Å²) < 4.78 is 7.46. The third kappa shape index (κ3) is 2.80. The van der Waals surface area contributed by atoms with Crippen LogP contribution in [-0.2, 0) is 11.3 Å². The highest BCUT2D eigenvalue weighted by Crippen LogP contribution is 2.36. The van der Waals surface area contributed by atoms with Gasteiger partial charge in [0.25, 0.3) is 0 Å². The Morgan fingerprint density at radius 1 is 1.29 bits per heavy atom. The van der Waals surface area contributed by atoms with E-state index in [4.69, 9.17) is 16.3 Å². The predicted octanol–water partition coefficient (Wildman–Crippen LogP) is 3.49. The Labute approximate surface area is 130 Å². The second kappa shape index (κ2) is 6.34. The number of rotatable bonds is 4. The maximum Gasteiger partial charge on any atom is 0.0927 e. The number of benzene rings is 1. The topological polar surface area (TPSA) is 30.3 Å². The lowest BCUT2D eigenvalue weighted by Gasteiger charge is -2.34. The minimum Gasteiger partial charge on any atom is -0.379 e. The van der Waals surface area contributed by atoms with Crippen molar-refractivity contribution in [2.75, 3.05) is 26.3 Å². The summed E-state index contributed by atoms with van der Waals surface area (Å²) in [6.45, 7) is 8.74. The lowest BCUT2D eigenvalue weighted by molar-refractivity contribution is 0.0155. The first-order valence-electron chi connectivity index (χ1n) is 7.72. The average molecular weight is 308 g/mol. The van der Waals surface area contributed by atoms with Crippen molar-refractivity contribution >= 4 is 22.5 Å². The minimum atomic E-state index is 0.333. The smallest absolute Gasteiger partial charge is 0.0927 e. The first-order valence-corrected chi connectivity index (χ1v) is 8.09. The molecule has 0 radical (unpaired) electrons. The third-order valence-corrected chi connectivity index (χ3v) is 4.59. The zero-order chi connectivity index (χ0) is 14.8. The van der Waals surface area contributed by atoms with Crippen LogP contribution < -0.4 is 0 Å². The second-order valence-electron chi connectivity index (χ2n) is 5.45. The van der Waals surface area contributed by atoms with Crippen LogP contribution in [0.4, 0.5) is 0 Å². The molecule has 0 N–H and O–H groups in total. The fourth-order valence-electron chi connectivity index (χ4n) is 3.17. The van der Waals surface area contributed by atoms with Crippen LogP contribution in [-0.4, -0.2) is 41.0 Å². The molecule has 0 saturated carbocycles. The van der Waals surface area contributed by atoms with Gasteiger partial charge < -0.3 is 4.74 Å². The van der Waals surface area contributed by atoms with Gasteiger partial charge in [-0.2, -0.15) is 5.10 Å². The molecular weight excluding hydrogens is 286 g/mol. The molecule has 21 heavy (non-hydrogen) atoms. The second-order valence-corrected chi connectivity index (χ2v) is 5.86. The molecule has 1 saturated heterocycles. The molecule has 5 heteroatoms. The summed E-state index contributed by atoms with van der Waals surface area (Å²) in [5.41, 5.74) is 2.25. The molecule has 1 unspecified atom stereocenters. The molecule has 2 heterocycles. The van der Waals surface area contributed by atoms with Gasteiger partial charge in [-0.1, -0.05) is 18.5 Å². The van der Waals surface area contributed by atoms with Gasteiger partial charge in [-0.05, 0) is 31.0 Å². The van der Waals surface area contributed by atoms with Gasteiger partial charge in [-0.25, -0.2) is 0 Å². The number of fused-ring (bicyclic) bond motifs is 1. The number of hydrogen-bond acceptors (Lipinski definition) is 3. The predicted molar refractivity (Wildman–Crippen MR) is 85.8 cm³/mol. The molecule has 4 nitrogen and oxygen atoms in total. The molecule has 1 aliphatic rings. The number of aromatic nitrogens is 2. The summed E-state index contributed by atoms with van der Waals surface area (Å²) in [5, 5.41) is 6.64. The van der Waals surface area contributed by atoms with Crippen LogP contribution in [0.25, 0.3) is 10.9 Å². The zero-order valence-corrected chi connectivity index (χ0v) is 13.4. The van der Waals surface area contributed by atoms with Gasteiger partial charge in [-0.3, -0.25) is 9.58 Å². The maximum absolute atomic E-state index is 6.55. The molecule has 0 bridgehead atoms. The highest BCUT2D eigenvalue weighted by molar-refractivity contribution is 6.32. The van der Waals surface area contributed by atoms with E-state index in [1.807, 2.05) is 16.8 Å². The average Bonchev–Trinajstić information content (AvgIpc) is 2.94. The van der Waals surface area contributed by atoms with Crippen molar-refractivity contribution in [3.63, 3.8) is 0 Å². The first-order chi connectivity index (χ1) is 10.2. The molecule has 2 aromatic rings. The van der Waals surface area contributed by atoms with E-state index >= 15 is 0 Å². The lowest BCUT2D eigenvalue weighted by Crippen LogP contribution is -2.39. The number of nitrogens with zero attached hydrogens (tertiary/aromatic N) is 3. The monoisotopic (exact) mass is 307 g/mol. The van der Waals surface area contributed by atoms with Gasteiger partial charge in [0.2, 0.25) is 0 Å². The van der Waals surface area contributed by atoms with Crippen molar-refractivity contribution in [3.05, 3.63) is 28.9 Å². The number of ether oxygens (including phenoxy) is 1. The van der Waals surface area contributed by atoms with Gasteiger partial charge in [0.15, 0.2) is 0 Å². The Morgan fingerprint density at radius 2 is 2.05 bits per heavy atom. The SMILES string of the molecule is CCC(c1c(Cl)ccc2nn(CC)cc12)N1CCOCC1. The van der Waals surface area contributed by atoms with Gasteiger partial charge in [0.05, 0.1) is 18.7 Å². The first kappa shape index (κ1) is 14.8. The standard InChI is InChI=1S/C16H22ClN3O/c1-3-15(19-7-9-21-10-8-19)16-12-11-20(4-2)18-14(12)6-5-13(16)17/h5-6,11,15H,3-4,7-10H2,1-2H3. The fraction of sp³-hybridized carbons (Fsp3) is 0.562. The van der Waals surface area contributed by atoms with Crippen molar-refractivity contribution < 1.29 is 4.74 Å². The zero-order valence-electron chi connectivity index (χ0n) is 12.7. The van der Waals surface area contributed by atoms with E-state index in [-0.39, 0.29) is 0 Å². The van der Waals surface area contributed by atoms with Gasteiger partial charge in [0, 0.05) is 42.3 Å². The Morgan fingerprint density at radius 3 is 2.71 bits per heavy atom. The summed E-state index contributed by atoms with van der Waals surface area (Å²) in [6.07, 6.45) is 3.16. The molecular formula is C16H22ClN3O. The molecule has 114 valence electrons. The van der Waals surface area contributed by atoms with E-state index in [0.717, 1.165) is 49.8 Å². The van der Waals surface area contributed by atoms with E-state index in [1.165, 1.54) is 10.9 Å². The largest absolute Gasteiger partial charge is 0.379 e. The van der Waals surface area contributed by atoms with Crippen LogP contribution in [0.2, 0.25) is 5.02 Å². The molecule has 0 amide bonds. The van der Waals surface area contributed by atoms with E-state index in [9.17, 15) is 0 Å². The Balaban J connectivity index is 2.07. The van der Waals surface area contributed by atoms with E-state index in [0.29, 0.717) is 6.04 Å². The van der Waals surface area contributed by atoms with Gasteiger partial charge in [-0.15, -0.1) is 0 Å². The molecule has 1 aliphatic heterocycles. The fourth-order valence-corrected chi connectivity index (χ4v) is 3.46. The number of morpholine rings is 1. The van der Waals surface area contributed by atoms with Crippen molar-refractivity contribution in [3.8, 4) is 0 Å². The van der Waals surface area contributed by atoms with Crippen molar-refractivity contribution in [2.24, 2.45) is 0 Å². The van der Waals surface area contributed by atoms with Crippen LogP contribution in [0.1, 0.15) is 31.9 Å². The van der Waals surface area contributed by atoms with Crippen LogP contribution >= 0.6 is 11.6 Å². The summed E-state index contributed by atoms with van der Waals surface area (Å²) in [4.78, 5) is 2.48. The van der Waals surface area contributed by atoms with E-state index < -0.39 is 0 Å². The van der Waals surface area contributed by atoms with Crippen molar-refractivity contribution in [1.82, 2.24) is 14.7 Å². The Bertz CT molecular complexity index is 619. The van der Waals surface area contributed by atoms with E-state index in [2.05, 4.69) is 30.0 Å². The third-order valence-electron chi connectivity index (χ3n) is 4.26. The molecule has 1 atom stereocenters. The van der Waals surface area contributed by atoms with Gasteiger partial charge in [0.1, 0.15) is 0 Å². The summed E-state index contributed by atoms with van der Waals surface area (Å²) in [7, 11) is 0. The normalized spacial score (nSPS) is 18.2. The molecule has 1 fully saturated rings. The lowest BCUT2D eigenvalue weighted by atomic mass is 9.98. The molecule has 0 spiro atoms. The molecule has 1 aromatic carbocycles. The summed E-state index contributed by atoms with van der Waals surface area (Å²) >= 11 is 6.55. The summed E-state index contributed by atoms with van der Waals surface area (Å²) in [5.74, 6) is 0. The molecule has 0 aliphatic carbocycles. The minimum absolute atomic E-state index is 0.333. The number of halogens is 1. The van der Waals surface area contributed by atoms with Crippen molar-refractivity contribution in [2.45, 2.75) is 32.9 Å².